The van der Waals surface area contributed by atoms with Crippen LogP contribution in [0.1, 0.15) is 5.69 Å². The fourth-order valence-corrected chi connectivity index (χ4v) is 2.11. The molecule has 0 bridgehead atoms. The standard InChI is InChI=1S/C12H21N5O.ClH/c1-15(8-11-7-14-10-16(11)2)9-12(18)17-5-3-13-4-6-17;/h7,10,13H,3-6,8-9H2,1-2H3;1H. The van der Waals surface area contributed by atoms with E-state index in [0.717, 1.165) is 38.4 Å². The second-order valence-corrected chi connectivity index (χ2v) is 4.80. The third kappa shape index (κ3) is 4.49. The number of piperazine rings is 1. The van der Waals surface area contributed by atoms with Crippen LogP contribution in [0.2, 0.25) is 0 Å². The number of amides is 1. The van der Waals surface area contributed by atoms with Crippen LogP contribution in [0.4, 0.5) is 0 Å². The summed E-state index contributed by atoms with van der Waals surface area (Å²) in [6.07, 6.45) is 3.62. The Balaban J connectivity index is 0.00000180. The maximum absolute atomic E-state index is 12.1. The van der Waals surface area contributed by atoms with Gasteiger partial charge in [-0.05, 0) is 7.05 Å². The van der Waals surface area contributed by atoms with Gasteiger partial charge in [-0.25, -0.2) is 4.98 Å². The van der Waals surface area contributed by atoms with Gasteiger partial charge in [-0.15, -0.1) is 12.4 Å². The number of nitrogens with one attached hydrogen (secondary N) is 1. The number of nitrogens with zero attached hydrogens (tertiary/aromatic N) is 4. The Hall–Kier alpha value is -1.11. The fraction of sp³-hybridized carbons (Fsp3) is 0.667. The molecule has 108 valence electrons. The van der Waals surface area contributed by atoms with Gasteiger partial charge in [0.05, 0.1) is 18.6 Å². The average Bonchev–Trinajstić information content (AvgIpc) is 2.76. The van der Waals surface area contributed by atoms with Crippen molar-refractivity contribution in [3.63, 3.8) is 0 Å². The first-order valence-electron chi connectivity index (χ1n) is 6.29. The second-order valence-electron chi connectivity index (χ2n) is 4.80. The smallest absolute Gasteiger partial charge is 0.236 e. The number of aromatic nitrogens is 2. The third-order valence-corrected chi connectivity index (χ3v) is 3.22. The maximum atomic E-state index is 12.1. The molecule has 1 N–H and O–H groups in total. The van der Waals surface area contributed by atoms with Gasteiger partial charge in [0.25, 0.3) is 0 Å². The Morgan fingerprint density at radius 2 is 2.16 bits per heavy atom. The van der Waals surface area contributed by atoms with Crippen molar-refractivity contribution in [2.75, 3.05) is 39.8 Å². The number of carbonyl (C=O) groups is 1. The summed E-state index contributed by atoms with van der Waals surface area (Å²) in [5, 5.41) is 3.25. The van der Waals surface area contributed by atoms with E-state index < -0.39 is 0 Å². The zero-order chi connectivity index (χ0) is 13.0. The highest BCUT2D eigenvalue weighted by Gasteiger charge is 2.17. The van der Waals surface area contributed by atoms with Crippen molar-refractivity contribution in [3.8, 4) is 0 Å². The minimum Gasteiger partial charge on any atom is -0.339 e. The van der Waals surface area contributed by atoms with Crippen molar-refractivity contribution in [1.29, 1.82) is 0 Å². The molecule has 0 saturated carbocycles. The van der Waals surface area contributed by atoms with Gasteiger partial charge in [-0.1, -0.05) is 0 Å². The van der Waals surface area contributed by atoms with E-state index in [-0.39, 0.29) is 18.3 Å². The van der Waals surface area contributed by atoms with Crippen LogP contribution in [0.15, 0.2) is 12.5 Å². The lowest BCUT2D eigenvalue weighted by Gasteiger charge is -2.29. The fourth-order valence-electron chi connectivity index (χ4n) is 2.11. The summed E-state index contributed by atoms with van der Waals surface area (Å²) in [5.74, 6) is 0.209. The molecule has 2 rings (SSSR count). The van der Waals surface area contributed by atoms with E-state index in [1.807, 2.05) is 34.7 Å². The van der Waals surface area contributed by atoms with Crippen molar-refractivity contribution < 1.29 is 4.79 Å². The largest absolute Gasteiger partial charge is 0.339 e. The van der Waals surface area contributed by atoms with Gasteiger partial charge < -0.3 is 14.8 Å². The van der Waals surface area contributed by atoms with E-state index in [4.69, 9.17) is 0 Å². The highest BCUT2D eigenvalue weighted by atomic mass is 35.5. The lowest BCUT2D eigenvalue weighted by atomic mass is 10.3. The minimum absolute atomic E-state index is 0. The van der Waals surface area contributed by atoms with Crippen LogP contribution in [-0.2, 0) is 18.4 Å². The molecule has 0 spiro atoms. The summed E-state index contributed by atoms with van der Waals surface area (Å²) >= 11 is 0. The molecular weight excluding hydrogens is 266 g/mol. The van der Waals surface area contributed by atoms with Gasteiger partial charge in [-0.3, -0.25) is 9.69 Å². The first kappa shape index (κ1) is 15.9. The van der Waals surface area contributed by atoms with Crippen LogP contribution in [0.25, 0.3) is 0 Å². The van der Waals surface area contributed by atoms with E-state index in [0.29, 0.717) is 6.54 Å². The quantitative estimate of drug-likeness (QED) is 0.827. The molecule has 19 heavy (non-hydrogen) atoms. The van der Waals surface area contributed by atoms with Gasteiger partial charge in [-0.2, -0.15) is 0 Å². The first-order chi connectivity index (χ1) is 8.66. The predicted molar refractivity (Wildman–Crippen MR) is 76.2 cm³/mol. The van der Waals surface area contributed by atoms with Gasteiger partial charge in [0.15, 0.2) is 0 Å². The molecule has 6 nitrogen and oxygen atoms in total. The van der Waals surface area contributed by atoms with Crippen LogP contribution < -0.4 is 5.32 Å². The Labute approximate surface area is 120 Å². The number of aryl methyl sites for hydroxylation is 1. The summed E-state index contributed by atoms with van der Waals surface area (Å²) in [6, 6.07) is 0. The molecular formula is C12H22ClN5O. The molecule has 1 aromatic rings. The number of likely N-dealkylation sites (N-methyl/N-ethyl adjacent to an activating group) is 1. The maximum Gasteiger partial charge on any atom is 0.236 e. The molecule has 1 aliphatic rings. The van der Waals surface area contributed by atoms with Crippen LogP contribution in [0.5, 0.6) is 0 Å². The van der Waals surface area contributed by atoms with E-state index in [1.165, 1.54) is 0 Å². The van der Waals surface area contributed by atoms with Gasteiger partial charge in [0.2, 0.25) is 5.91 Å². The minimum atomic E-state index is 0. The Kier molecular flexibility index (Phi) is 6.27. The molecule has 0 radical (unpaired) electrons. The first-order valence-corrected chi connectivity index (χ1v) is 6.29. The lowest BCUT2D eigenvalue weighted by Crippen LogP contribution is -2.49. The molecule has 2 heterocycles. The summed E-state index contributed by atoms with van der Waals surface area (Å²) in [4.78, 5) is 20.1. The number of rotatable bonds is 4. The zero-order valence-electron chi connectivity index (χ0n) is 11.5. The summed E-state index contributed by atoms with van der Waals surface area (Å²) in [6.45, 7) is 4.64. The molecule has 1 fully saturated rings. The molecule has 1 amide bonds. The number of carbonyl (C=O) groups excluding carboxylic acids is 1. The Bertz CT molecular complexity index is 403. The van der Waals surface area contributed by atoms with Crippen LogP contribution in [-0.4, -0.2) is 65.0 Å². The van der Waals surface area contributed by atoms with Gasteiger partial charge in [0.1, 0.15) is 0 Å². The van der Waals surface area contributed by atoms with Crippen LogP contribution >= 0.6 is 12.4 Å². The van der Waals surface area contributed by atoms with E-state index in [2.05, 4.69) is 10.3 Å². The van der Waals surface area contributed by atoms with Gasteiger partial charge in [0, 0.05) is 46.0 Å². The van der Waals surface area contributed by atoms with E-state index in [9.17, 15) is 4.79 Å². The predicted octanol–water partition coefficient (Wildman–Crippen LogP) is -0.294. The van der Waals surface area contributed by atoms with Crippen molar-refractivity contribution in [1.82, 2.24) is 24.7 Å². The lowest BCUT2D eigenvalue weighted by molar-refractivity contribution is -0.132. The normalized spacial score (nSPS) is 15.4. The van der Waals surface area contributed by atoms with Gasteiger partial charge >= 0.3 is 0 Å². The highest BCUT2D eigenvalue weighted by molar-refractivity contribution is 5.85. The third-order valence-electron chi connectivity index (χ3n) is 3.22. The van der Waals surface area contributed by atoms with Crippen molar-refractivity contribution in [2.24, 2.45) is 7.05 Å². The second kappa shape index (κ2) is 7.47. The van der Waals surface area contributed by atoms with Crippen LogP contribution in [0, 0.1) is 0 Å². The Morgan fingerprint density at radius 1 is 1.47 bits per heavy atom. The summed E-state index contributed by atoms with van der Waals surface area (Å²) in [5.41, 5.74) is 1.12. The van der Waals surface area contributed by atoms with Crippen molar-refractivity contribution in [3.05, 3.63) is 18.2 Å². The van der Waals surface area contributed by atoms with E-state index in [1.54, 1.807) is 6.33 Å². The Morgan fingerprint density at radius 3 is 2.74 bits per heavy atom. The zero-order valence-corrected chi connectivity index (χ0v) is 12.3. The monoisotopic (exact) mass is 287 g/mol. The molecule has 0 aromatic carbocycles. The molecule has 1 saturated heterocycles. The number of imidazole rings is 1. The number of halogens is 1. The highest BCUT2D eigenvalue weighted by Crippen LogP contribution is 2.02. The topological polar surface area (TPSA) is 53.4 Å². The molecule has 1 aliphatic heterocycles. The summed E-state index contributed by atoms with van der Waals surface area (Å²) < 4.78 is 1.98. The van der Waals surface area contributed by atoms with Crippen LogP contribution in [0.3, 0.4) is 0 Å². The molecule has 0 atom stereocenters. The number of hydrogen-bond acceptors (Lipinski definition) is 4. The van der Waals surface area contributed by atoms with Crippen molar-refractivity contribution >= 4 is 18.3 Å². The average molecular weight is 288 g/mol. The summed E-state index contributed by atoms with van der Waals surface area (Å²) in [7, 11) is 3.93. The SMILES string of the molecule is CN(CC(=O)N1CCNCC1)Cc1cncn1C.Cl. The molecule has 0 unspecified atom stereocenters. The molecule has 7 heteroatoms. The van der Waals surface area contributed by atoms with Crippen molar-refractivity contribution in [2.45, 2.75) is 6.54 Å². The number of hydrogen-bond donors (Lipinski definition) is 1. The molecule has 1 aromatic heterocycles. The molecule has 0 aliphatic carbocycles. The van der Waals surface area contributed by atoms with E-state index >= 15 is 0 Å².